The molecule has 0 atom stereocenters. The Bertz CT molecular complexity index is 1400. The fraction of sp³-hybridized carbons (Fsp3) is 0.179. The quantitative estimate of drug-likeness (QED) is 0.188. The van der Waals surface area contributed by atoms with E-state index in [0.717, 1.165) is 27.9 Å². The summed E-state index contributed by atoms with van der Waals surface area (Å²) in [5.74, 6) is 0.434. The normalized spacial score (nSPS) is 11.8. The summed E-state index contributed by atoms with van der Waals surface area (Å²) in [6.07, 6.45) is 5.04. The molecule has 0 spiro atoms. The number of ether oxygens (including phenoxy) is 1. The molecule has 1 heterocycles. The Morgan fingerprint density at radius 2 is 1.59 bits per heavy atom. The molecule has 0 N–H and O–H groups in total. The lowest BCUT2D eigenvalue weighted by molar-refractivity contribution is -0.673. The minimum atomic E-state index is -4.20. The van der Waals surface area contributed by atoms with Crippen LogP contribution in [0.4, 0.5) is 0 Å². The summed E-state index contributed by atoms with van der Waals surface area (Å²) in [6.45, 7) is 0.603. The molecular formula is C28H27NO4S. The van der Waals surface area contributed by atoms with Gasteiger partial charge in [-0.05, 0) is 47.4 Å². The van der Waals surface area contributed by atoms with Gasteiger partial charge in [-0.1, -0.05) is 54.6 Å². The van der Waals surface area contributed by atoms with Gasteiger partial charge in [-0.15, -0.1) is 0 Å². The summed E-state index contributed by atoms with van der Waals surface area (Å²) < 4.78 is 40.4. The van der Waals surface area contributed by atoms with Crippen molar-refractivity contribution in [1.82, 2.24) is 0 Å². The number of aryl methyl sites for hydroxylation is 1. The highest BCUT2D eigenvalue weighted by Gasteiger charge is 2.15. The summed E-state index contributed by atoms with van der Waals surface area (Å²) >= 11 is 0. The maximum atomic E-state index is 11.0. The number of benzene rings is 3. The highest BCUT2D eigenvalue weighted by molar-refractivity contribution is 7.85. The second kappa shape index (κ2) is 10.6. The third-order valence-electron chi connectivity index (χ3n) is 5.76. The van der Waals surface area contributed by atoms with Crippen molar-refractivity contribution in [2.75, 3.05) is 12.9 Å². The Balaban J connectivity index is 1.60. The summed E-state index contributed by atoms with van der Waals surface area (Å²) in [5.41, 5.74) is 5.45. The van der Waals surface area contributed by atoms with E-state index in [1.54, 1.807) is 7.11 Å². The minimum Gasteiger partial charge on any atom is -0.748 e. The van der Waals surface area contributed by atoms with Crippen LogP contribution in [-0.2, 0) is 16.7 Å². The number of unbranched alkanes of at least 4 members (excludes halogenated alkanes) is 1. The Morgan fingerprint density at radius 1 is 0.853 bits per heavy atom. The Kier molecular flexibility index (Phi) is 7.40. The molecule has 4 aromatic rings. The number of hydrogen-bond donors (Lipinski definition) is 0. The molecule has 0 aliphatic carbocycles. The van der Waals surface area contributed by atoms with Crippen LogP contribution in [-0.4, -0.2) is 25.8 Å². The zero-order valence-corrected chi connectivity index (χ0v) is 19.9. The highest BCUT2D eigenvalue weighted by atomic mass is 32.2. The largest absolute Gasteiger partial charge is 0.748 e. The summed E-state index contributed by atoms with van der Waals surface area (Å²) in [7, 11) is -2.56. The first-order valence-electron chi connectivity index (χ1n) is 11.2. The number of hydrogen-bond acceptors (Lipinski definition) is 4. The topological polar surface area (TPSA) is 70.3 Å². The van der Waals surface area contributed by atoms with E-state index in [0.29, 0.717) is 19.4 Å². The monoisotopic (exact) mass is 473 g/mol. The third kappa shape index (κ3) is 6.10. The van der Waals surface area contributed by atoms with E-state index in [1.165, 1.54) is 11.1 Å². The van der Waals surface area contributed by atoms with E-state index in [4.69, 9.17) is 4.74 Å². The summed E-state index contributed by atoms with van der Waals surface area (Å²) in [6, 6.07) is 28.6. The first-order valence-corrected chi connectivity index (χ1v) is 12.8. The minimum absolute atomic E-state index is 0.329. The number of fused-ring (bicyclic) bond motifs is 1. The van der Waals surface area contributed by atoms with E-state index in [2.05, 4.69) is 59.2 Å². The fourth-order valence-corrected chi connectivity index (χ4v) is 4.54. The maximum absolute atomic E-state index is 11.0. The SMILES string of the molecule is COc1ccc2c(ccc(/C=C/c3ccc(-c4ccccc4)cc3)[n+]2CCCCS(=O)(=O)[O-])c1. The van der Waals surface area contributed by atoms with Gasteiger partial charge in [0.05, 0.1) is 22.6 Å². The third-order valence-corrected chi connectivity index (χ3v) is 6.55. The van der Waals surface area contributed by atoms with Crippen LogP contribution in [0.2, 0.25) is 0 Å². The number of nitrogens with zero attached hydrogens (tertiary/aromatic N) is 1. The summed E-state index contributed by atoms with van der Waals surface area (Å²) in [5, 5.41) is 1.03. The fourth-order valence-electron chi connectivity index (χ4n) is 3.99. The lowest BCUT2D eigenvalue weighted by Gasteiger charge is -2.08. The van der Waals surface area contributed by atoms with Crippen LogP contribution in [0.5, 0.6) is 5.75 Å². The molecule has 5 nitrogen and oxygen atoms in total. The average molecular weight is 474 g/mol. The maximum Gasteiger partial charge on any atom is 0.213 e. The second-order valence-electron chi connectivity index (χ2n) is 8.12. The van der Waals surface area contributed by atoms with Gasteiger partial charge in [0.15, 0.2) is 0 Å². The molecule has 0 aliphatic heterocycles. The molecule has 0 saturated carbocycles. The summed E-state index contributed by atoms with van der Waals surface area (Å²) in [4.78, 5) is 0. The predicted octanol–water partition coefficient (Wildman–Crippen LogP) is 5.30. The molecule has 0 amide bonds. The molecule has 34 heavy (non-hydrogen) atoms. The van der Waals surface area contributed by atoms with Crippen molar-refractivity contribution in [3.8, 4) is 16.9 Å². The van der Waals surface area contributed by atoms with Crippen LogP contribution >= 0.6 is 0 Å². The van der Waals surface area contributed by atoms with Crippen molar-refractivity contribution in [1.29, 1.82) is 0 Å². The Morgan fingerprint density at radius 3 is 2.29 bits per heavy atom. The number of methoxy groups -OCH3 is 1. The van der Waals surface area contributed by atoms with Crippen molar-refractivity contribution in [3.63, 3.8) is 0 Å². The van der Waals surface area contributed by atoms with Gasteiger partial charge in [0.25, 0.3) is 0 Å². The number of rotatable bonds is 9. The van der Waals surface area contributed by atoms with Crippen LogP contribution in [0.15, 0.2) is 84.9 Å². The van der Waals surface area contributed by atoms with Gasteiger partial charge in [-0.3, -0.25) is 0 Å². The lowest BCUT2D eigenvalue weighted by Crippen LogP contribution is -2.38. The molecule has 1 aromatic heterocycles. The van der Waals surface area contributed by atoms with E-state index in [-0.39, 0.29) is 5.75 Å². The van der Waals surface area contributed by atoms with E-state index < -0.39 is 10.1 Å². The zero-order valence-electron chi connectivity index (χ0n) is 19.1. The van der Waals surface area contributed by atoms with E-state index >= 15 is 0 Å². The van der Waals surface area contributed by atoms with Crippen LogP contribution in [0.25, 0.3) is 34.2 Å². The van der Waals surface area contributed by atoms with E-state index in [9.17, 15) is 13.0 Å². The first-order chi connectivity index (χ1) is 16.4. The highest BCUT2D eigenvalue weighted by Crippen LogP contribution is 2.22. The molecule has 3 aromatic carbocycles. The van der Waals surface area contributed by atoms with Crippen LogP contribution in [0.1, 0.15) is 24.1 Å². The second-order valence-corrected chi connectivity index (χ2v) is 9.65. The van der Waals surface area contributed by atoms with Crippen LogP contribution < -0.4 is 9.30 Å². The van der Waals surface area contributed by atoms with Gasteiger partial charge in [0.2, 0.25) is 11.2 Å². The van der Waals surface area contributed by atoms with Gasteiger partial charge in [0.1, 0.15) is 12.3 Å². The number of pyridine rings is 1. The van der Waals surface area contributed by atoms with Crippen molar-refractivity contribution >= 4 is 33.2 Å². The van der Waals surface area contributed by atoms with Crippen molar-refractivity contribution in [3.05, 3.63) is 96.2 Å². The van der Waals surface area contributed by atoms with Crippen LogP contribution in [0.3, 0.4) is 0 Å². The molecule has 0 aliphatic rings. The molecule has 0 radical (unpaired) electrons. The van der Waals surface area contributed by atoms with Gasteiger partial charge in [-0.25, -0.2) is 8.42 Å². The van der Waals surface area contributed by atoms with Crippen molar-refractivity contribution in [2.24, 2.45) is 0 Å². The lowest BCUT2D eigenvalue weighted by atomic mass is 10.0. The van der Waals surface area contributed by atoms with Gasteiger partial charge < -0.3 is 9.29 Å². The first kappa shape index (κ1) is 23.7. The Hall–Kier alpha value is -3.48. The average Bonchev–Trinajstić information content (AvgIpc) is 2.85. The molecule has 0 unspecified atom stereocenters. The number of aromatic nitrogens is 1. The molecule has 4 rings (SSSR count). The standard InChI is InChI=1S/C28H27NO4S/c1-33-27-17-18-28-25(21-27)14-16-26(29(28)19-5-6-20-34(30,31)32)15-11-22-9-12-24(13-10-22)23-7-3-2-4-8-23/h2-4,7-18,21H,5-6,19-20H2,1H3/b15-11+. The zero-order chi connectivity index (χ0) is 24.0. The molecule has 0 fully saturated rings. The molecule has 0 saturated heterocycles. The van der Waals surface area contributed by atoms with E-state index in [1.807, 2.05) is 42.5 Å². The predicted molar refractivity (Wildman–Crippen MR) is 135 cm³/mol. The molecule has 174 valence electrons. The van der Waals surface area contributed by atoms with Crippen LogP contribution in [0, 0.1) is 0 Å². The molecule has 0 bridgehead atoms. The molecular weight excluding hydrogens is 446 g/mol. The Labute approximate surface area is 200 Å². The van der Waals surface area contributed by atoms with Crippen molar-refractivity contribution < 1.29 is 22.3 Å². The smallest absolute Gasteiger partial charge is 0.213 e. The van der Waals surface area contributed by atoms with Gasteiger partial charge >= 0.3 is 0 Å². The van der Waals surface area contributed by atoms with Crippen molar-refractivity contribution in [2.45, 2.75) is 19.4 Å². The van der Waals surface area contributed by atoms with Gasteiger partial charge in [0, 0.05) is 30.4 Å². The van der Waals surface area contributed by atoms with Gasteiger partial charge in [-0.2, -0.15) is 4.57 Å². The molecule has 6 heteroatoms.